The molecule has 2 aromatic heterocycles. The fraction of sp³-hybridized carbons (Fsp3) is 0.375. The summed E-state index contributed by atoms with van der Waals surface area (Å²) in [6.07, 6.45) is 6.98. The van der Waals surface area contributed by atoms with E-state index in [1.807, 2.05) is 51.4 Å². The molecule has 0 bridgehead atoms. The Hall–Kier alpha value is -3.19. The van der Waals surface area contributed by atoms with Crippen LogP contribution in [0, 0.1) is 13.8 Å². The molecule has 1 aromatic carbocycles. The van der Waals surface area contributed by atoms with Crippen LogP contribution in [-0.2, 0) is 7.05 Å². The third-order valence-corrected chi connectivity index (χ3v) is 5.76. The molecule has 1 unspecified atom stereocenters. The van der Waals surface area contributed by atoms with Gasteiger partial charge in [-0.05, 0) is 63.6 Å². The Morgan fingerprint density at radius 2 is 2.03 bits per heavy atom. The average molecular weight is 420 g/mol. The number of piperidine rings is 1. The molecule has 31 heavy (non-hydrogen) atoms. The molecule has 1 amide bonds. The summed E-state index contributed by atoms with van der Waals surface area (Å²) in [4.78, 5) is 21.5. The average Bonchev–Trinajstić information content (AvgIpc) is 3.20. The lowest BCUT2D eigenvalue weighted by Crippen LogP contribution is -2.38. The summed E-state index contributed by atoms with van der Waals surface area (Å²) in [6.45, 7) is 5.57. The summed E-state index contributed by atoms with van der Waals surface area (Å²) >= 11 is 0. The number of anilines is 1. The van der Waals surface area contributed by atoms with Crippen LogP contribution in [0.25, 0.3) is 11.1 Å². The molecule has 1 saturated heterocycles. The molecule has 1 atom stereocenters. The molecule has 7 heteroatoms. The number of carbonyl (C=O) groups excluding carboxylic acids is 1. The van der Waals surface area contributed by atoms with Crippen LogP contribution in [0.5, 0.6) is 5.75 Å². The van der Waals surface area contributed by atoms with Gasteiger partial charge in [0.15, 0.2) is 0 Å². The Balaban J connectivity index is 1.64. The third kappa shape index (κ3) is 4.77. The minimum Gasteiger partial charge on any atom is -0.491 e. The zero-order chi connectivity index (χ0) is 21.8. The quantitative estimate of drug-likeness (QED) is 0.634. The summed E-state index contributed by atoms with van der Waals surface area (Å²) in [5, 5.41) is 6.52. The van der Waals surface area contributed by atoms with Gasteiger partial charge in [-0.2, -0.15) is 0 Å². The highest BCUT2D eigenvalue weighted by Gasteiger charge is 2.18. The van der Waals surface area contributed by atoms with Gasteiger partial charge in [0, 0.05) is 47.5 Å². The van der Waals surface area contributed by atoms with Gasteiger partial charge >= 0.3 is 0 Å². The fourth-order valence-corrected chi connectivity index (χ4v) is 4.06. The molecule has 1 aliphatic rings. The van der Waals surface area contributed by atoms with Gasteiger partial charge in [0.25, 0.3) is 5.91 Å². The lowest BCUT2D eigenvalue weighted by atomic mass is 10.0. The summed E-state index contributed by atoms with van der Waals surface area (Å²) in [6, 6.07) is 9.75. The number of hydrogen-bond acceptors (Lipinski definition) is 5. The van der Waals surface area contributed by atoms with E-state index in [4.69, 9.17) is 4.74 Å². The molecule has 0 radical (unpaired) electrons. The van der Waals surface area contributed by atoms with Crippen LogP contribution in [0.2, 0.25) is 0 Å². The molecule has 162 valence electrons. The highest BCUT2D eigenvalue weighted by molar-refractivity contribution is 6.03. The van der Waals surface area contributed by atoms with Gasteiger partial charge in [-0.15, -0.1) is 0 Å². The Morgan fingerprint density at radius 1 is 1.23 bits per heavy atom. The maximum absolute atomic E-state index is 12.7. The molecular weight excluding hydrogens is 390 g/mol. The van der Waals surface area contributed by atoms with Gasteiger partial charge in [-0.25, -0.2) is 9.97 Å². The number of hydrogen-bond donors (Lipinski definition) is 2. The number of rotatable bonds is 6. The van der Waals surface area contributed by atoms with Crippen molar-refractivity contribution in [2.24, 2.45) is 7.05 Å². The highest BCUT2D eigenvalue weighted by atomic mass is 16.5. The Bertz CT molecular complexity index is 1050. The van der Waals surface area contributed by atoms with Crippen LogP contribution in [0.15, 0.2) is 42.9 Å². The van der Waals surface area contributed by atoms with Crippen molar-refractivity contribution >= 4 is 11.6 Å². The fourth-order valence-electron chi connectivity index (χ4n) is 4.06. The molecule has 0 aliphatic carbocycles. The van der Waals surface area contributed by atoms with Crippen LogP contribution < -0.4 is 15.4 Å². The predicted octanol–water partition coefficient (Wildman–Crippen LogP) is 3.87. The number of nitrogens with zero attached hydrogens (tertiary/aromatic N) is 3. The lowest BCUT2D eigenvalue weighted by molar-refractivity contribution is 0.101. The van der Waals surface area contributed by atoms with E-state index in [2.05, 4.69) is 20.6 Å². The second-order valence-electron chi connectivity index (χ2n) is 8.05. The Kier molecular flexibility index (Phi) is 6.32. The van der Waals surface area contributed by atoms with E-state index in [1.165, 1.54) is 12.8 Å². The van der Waals surface area contributed by atoms with E-state index in [1.54, 1.807) is 17.0 Å². The third-order valence-electron chi connectivity index (χ3n) is 5.76. The predicted molar refractivity (Wildman–Crippen MR) is 121 cm³/mol. The standard InChI is InChI=1S/C24H29N5O2/c1-16-23(17(2)27-15-26-16)20-13-18(28-24(30)21-8-6-12-29(21)3)9-10-22(20)31-14-19-7-4-5-11-25-19/h6,8-10,12-13,15,19,25H,4-5,7,11,14H2,1-3H3,(H,28,30). The van der Waals surface area contributed by atoms with Gasteiger partial charge in [-0.3, -0.25) is 4.79 Å². The molecule has 3 heterocycles. The second kappa shape index (κ2) is 9.31. The monoisotopic (exact) mass is 419 g/mol. The molecule has 1 fully saturated rings. The zero-order valence-electron chi connectivity index (χ0n) is 18.3. The maximum atomic E-state index is 12.7. The number of amides is 1. The maximum Gasteiger partial charge on any atom is 0.272 e. The van der Waals surface area contributed by atoms with Crippen LogP contribution in [0.3, 0.4) is 0 Å². The van der Waals surface area contributed by atoms with Crippen molar-refractivity contribution in [1.82, 2.24) is 19.9 Å². The van der Waals surface area contributed by atoms with E-state index in [0.29, 0.717) is 24.0 Å². The molecule has 7 nitrogen and oxygen atoms in total. The number of benzene rings is 1. The summed E-state index contributed by atoms with van der Waals surface area (Å²) < 4.78 is 8.05. The Labute approximate surface area is 182 Å². The van der Waals surface area contributed by atoms with E-state index in [-0.39, 0.29) is 5.91 Å². The summed E-state index contributed by atoms with van der Waals surface area (Å²) in [5.74, 6) is 0.613. The summed E-state index contributed by atoms with van der Waals surface area (Å²) in [5.41, 5.74) is 4.87. The van der Waals surface area contributed by atoms with Gasteiger partial charge in [0.1, 0.15) is 24.4 Å². The van der Waals surface area contributed by atoms with Crippen molar-refractivity contribution < 1.29 is 9.53 Å². The second-order valence-corrected chi connectivity index (χ2v) is 8.05. The smallest absolute Gasteiger partial charge is 0.272 e. The van der Waals surface area contributed by atoms with Crippen molar-refractivity contribution in [1.29, 1.82) is 0 Å². The molecule has 0 spiro atoms. The van der Waals surface area contributed by atoms with Gasteiger partial charge in [0.2, 0.25) is 0 Å². The molecule has 1 aliphatic heterocycles. The van der Waals surface area contributed by atoms with E-state index in [0.717, 1.165) is 41.2 Å². The first-order valence-electron chi connectivity index (χ1n) is 10.7. The zero-order valence-corrected chi connectivity index (χ0v) is 18.3. The van der Waals surface area contributed by atoms with Gasteiger partial charge in [0.05, 0.1) is 0 Å². The molecular formula is C24H29N5O2. The first-order chi connectivity index (χ1) is 15.0. The van der Waals surface area contributed by atoms with E-state index < -0.39 is 0 Å². The number of ether oxygens (including phenoxy) is 1. The SMILES string of the molecule is Cc1ncnc(C)c1-c1cc(NC(=O)c2cccn2C)ccc1OCC1CCCCN1. The number of carbonyl (C=O) groups is 1. The molecule has 2 N–H and O–H groups in total. The molecule has 0 saturated carbocycles. The van der Waals surface area contributed by atoms with Crippen molar-refractivity contribution in [2.75, 3.05) is 18.5 Å². The minimum atomic E-state index is -0.156. The Morgan fingerprint density at radius 3 is 2.71 bits per heavy atom. The van der Waals surface area contributed by atoms with Crippen molar-refractivity contribution in [3.05, 3.63) is 59.9 Å². The first-order valence-corrected chi connectivity index (χ1v) is 10.7. The van der Waals surface area contributed by atoms with Gasteiger partial charge < -0.3 is 19.9 Å². The molecule has 4 rings (SSSR count). The van der Waals surface area contributed by atoms with Crippen LogP contribution in [0.1, 0.15) is 41.1 Å². The minimum absolute atomic E-state index is 0.156. The van der Waals surface area contributed by atoms with Crippen LogP contribution in [0.4, 0.5) is 5.69 Å². The summed E-state index contributed by atoms with van der Waals surface area (Å²) in [7, 11) is 1.85. The number of aromatic nitrogens is 3. The van der Waals surface area contributed by atoms with Crippen LogP contribution >= 0.6 is 0 Å². The molecule has 3 aromatic rings. The van der Waals surface area contributed by atoms with Crippen molar-refractivity contribution in [3.63, 3.8) is 0 Å². The van der Waals surface area contributed by atoms with Crippen LogP contribution in [-0.4, -0.2) is 39.6 Å². The van der Waals surface area contributed by atoms with E-state index in [9.17, 15) is 4.79 Å². The van der Waals surface area contributed by atoms with Crippen molar-refractivity contribution in [3.8, 4) is 16.9 Å². The van der Waals surface area contributed by atoms with Gasteiger partial charge in [-0.1, -0.05) is 6.42 Å². The normalized spacial score (nSPS) is 16.2. The van der Waals surface area contributed by atoms with Crippen molar-refractivity contribution in [2.45, 2.75) is 39.2 Å². The van der Waals surface area contributed by atoms with E-state index >= 15 is 0 Å². The lowest BCUT2D eigenvalue weighted by Gasteiger charge is -2.24. The largest absolute Gasteiger partial charge is 0.491 e. The topological polar surface area (TPSA) is 81.1 Å². The number of aryl methyl sites for hydroxylation is 3. The first kappa shape index (κ1) is 21.1. The highest BCUT2D eigenvalue weighted by Crippen LogP contribution is 2.36. The number of nitrogens with one attached hydrogen (secondary N) is 2.